The van der Waals surface area contributed by atoms with Gasteiger partial charge in [0.25, 0.3) is 0 Å². The number of urea groups is 1. The van der Waals surface area contributed by atoms with Crippen molar-refractivity contribution in [2.24, 2.45) is 0 Å². The Morgan fingerprint density at radius 1 is 1.18 bits per heavy atom. The van der Waals surface area contributed by atoms with E-state index < -0.39 is 0 Å². The van der Waals surface area contributed by atoms with E-state index in [9.17, 15) is 4.79 Å². The summed E-state index contributed by atoms with van der Waals surface area (Å²) in [5.74, 6) is 1.04. The molecule has 0 unspecified atom stereocenters. The average molecular weight is 304 g/mol. The number of carbonyl (C=O) groups excluding carboxylic acids is 1. The van der Waals surface area contributed by atoms with Crippen LogP contribution in [-0.4, -0.2) is 30.6 Å². The van der Waals surface area contributed by atoms with Gasteiger partial charge in [0.2, 0.25) is 0 Å². The molecule has 0 aromatic carbocycles. The molecule has 1 fully saturated rings. The highest BCUT2D eigenvalue weighted by molar-refractivity contribution is 5.73. The van der Waals surface area contributed by atoms with Crippen LogP contribution in [0.1, 0.15) is 51.0 Å². The van der Waals surface area contributed by atoms with Gasteiger partial charge in [-0.25, -0.2) is 9.78 Å². The fraction of sp³-hybridized carbons (Fsp3) is 0.647. The second-order valence-electron chi connectivity index (χ2n) is 5.89. The van der Waals surface area contributed by atoms with E-state index in [1.54, 1.807) is 0 Å². The Balaban J connectivity index is 1.64. The van der Waals surface area contributed by atoms with Crippen LogP contribution in [-0.2, 0) is 6.54 Å². The van der Waals surface area contributed by atoms with Crippen LogP contribution in [0.25, 0.3) is 0 Å². The van der Waals surface area contributed by atoms with Gasteiger partial charge in [-0.1, -0.05) is 32.3 Å². The summed E-state index contributed by atoms with van der Waals surface area (Å²) in [6.45, 7) is 5.66. The summed E-state index contributed by atoms with van der Waals surface area (Å²) in [6, 6.07) is 3.99. The Kier molecular flexibility index (Phi) is 7.00. The molecule has 2 N–H and O–H groups in total. The fourth-order valence-electron chi connectivity index (χ4n) is 2.65. The Bertz CT molecular complexity index is 440. The van der Waals surface area contributed by atoms with Crippen molar-refractivity contribution in [1.82, 2.24) is 15.6 Å². The number of aromatic nitrogens is 1. The molecule has 2 heterocycles. The fourth-order valence-corrected chi connectivity index (χ4v) is 2.65. The quantitative estimate of drug-likeness (QED) is 0.726. The monoisotopic (exact) mass is 304 g/mol. The number of anilines is 1. The van der Waals surface area contributed by atoms with Crippen LogP contribution in [0.4, 0.5) is 10.6 Å². The number of amides is 2. The van der Waals surface area contributed by atoms with Gasteiger partial charge in [-0.3, -0.25) is 0 Å². The number of unbranched alkanes of at least 4 members (excludes halogenated alkanes) is 3. The van der Waals surface area contributed by atoms with Crippen molar-refractivity contribution in [1.29, 1.82) is 0 Å². The second-order valence-corrected chi connectivity index (χ2v) is 5.89. The van der Waals surface area contributed by atoms with Crippen LogP contribution in [0.5, 0.6) is 0 Å². The van der Waals surface area contributed by atoms with E-state index >= 15 is 0 Å². The van der Waals surface area contributed by atoms with Crippen LogP contribution < -0.4 is 15.5 Å². The third-order valence-electron chi connectivity index (χ3n) is 4.01. The molecule has 1 saturated heterocycles. The molecule has 0 saturated carbocycles. The highest BCUT2D eigenvalue weighted by Gasteiger charge is 2.12. The van der Waals surface area contributed by atoms with E-state index in [4.69, 9.17) is 0 Å². The zero-order chi connectivity index (χ0) is 15.6. The van der Waals surface area contributed by atoms with Gasteiger partial charge in [-0.2, -0.15) is 0 Å². The number of hydrogen-bond acceptors (Lipinski definition) is 3. The number of hydrogen-bond donors (Lipinski definition) is 2. The first-order valence-corrected chi connectivity index (χ1v) is 8.51. The van der Waals surface area contributed by atoms with E-state index in [2.05, 4.69) is 27.4 Å². The van der Waals surface area contributed by atoms with Crippen LogP contribution >= 0.6 is 0 Å². The van der Waals surface area contributed by atoms with Gasteiger partial charge in [0.05, 0.1) is 0 Å². The predicted molar refractivity (Wildman–Crippen MR) is 90.1 cm³/mol. The van der Waals surface area contributed by atoms with Crippen molar-refractivity contribution in [3.63, 3.8) is 0 Å². The summed E-state index contributed by atoms with van der Waals surface area (Å²) in [5.41, 5.74) is 1.03. The van der Waals surface area contributed by atoms with Gasteiger partial charge in [0, 0.05) is 32.4 Å². The van der Waals surface area contributed by atoms with Gasteiger partial charge in [0.1, 0.15) is 5.82 Å². The van der Waals surface area contributed by atoms with Gasteiger partial charge in [-0.15, -0.1) is 0 Å². The zero-order valence-electron chi connectivity index (χ0n) is 13.6. The zero-order valence-corrected chi connectivity index (χ0v) is 13.6. The number of pyridine rings is 1. The van der Waals surface area contributed by atoms with E-state index in [0.29, 0.717) is 6.54 Å². The van der Waals surface area contributed by atoms with Crippen molar-refractivity contribution in [2.45, 2.75) is 52.0 Å². The molecule has 1 aliphatic rings. The molecule has 22 heavy (non-hydrogen) atoms. The number of nitrogens with one attached hydrogen (secondary N) is 2. The lowest BCUT2D eigenvalue weighted by Crippen LogP contribution is -2.35. The van der Waals surface area contributed by atoms with Crippen molar-refractivity contribution in [3.05, 3.63) is 23.9 Å². The normalized spacial score (nSPS) is 14.1. The first-order chi connectivity index (χ1) is 10.8. The highest BCUT2D eigenvalue weighted by atomic mass is 16.2. The number of carbonyl (C=O) groups is 1. The maximum atomic E-state index is 11.7. The van der Waals surface area contributed by atoms with E-state index in [-0.39, 0.29) is 6.03 Å². The van der Waals surface area contributed by atoms with Crippen molar-refractivity contribution in [3.8, 4) is 0 Å². The third-order valence-corrected chi connectivity index (χ3v) is 4.01. The molecule has 1 aliphatic heterocycles. The van der Waals surface area contributed by atoms with Crippen LogP contribution in [0.15, 0.2) is 18.3 Å². The van der Waals surface area contributed by atoms with Crippen molar-refractivity contribution < 1.29 is 4.79 Å². The molecule has 5 nitrogen and oxygen atoms in total. The molecule has 0 radical (unpaired) electrons. The first-order valence-electron chi connectivity index (χ1n) is 8.51. The molecule has 0 bridgehead atoms. The van der Waals surface area contributed by atoms with E-state index in [1.165, 1.54) is 32.1 Å². The lowest BCUT2D eigenvalue weighted by Gasteiger charge is -2.16. The molecular formula is C17H28N4O. The first kappa shape index (κ1) is 16.6. The minimum Gasteiger partial charge on any atom is -0.357 e. The Hall–Kier alpha value is -1.78. The standard InChI is InChI=1S/C17H28N4O/c1-2-3-4-5-10-18-17(22)20-14-15-8-9-16(19-13-15)21-11-6-7-12-21/h8-9,13H,2-7,10-12,14H2,1H3,(H2,18,20,22). The van der Waals surface area contributed by atoms with Crippen molar-refractivity contribution in [2.75, 3.05) is 24.5 Å². The molecule has 1 aromatic heterocycles. The lowest BCUT2D eigenvalue weighted by molar-refractivity contribution is 0.240. The summed E-state index contributed by atoms with van der Waals surface area (Å²) < 4.78 is 0. The number of nitrogens with zero attached hydrogens (tertiary/aromatic N) is 2. The molecule has 0 atom stereocenters. The summed E-state index contributed by atoms with van der Waals surface area (Å²) in [4.78, 5) is 18.5. The van der Waals surface area contributed by atoms with Gasteiger partial charge >= 0.3 is 6.03 Å². The van der Waals surface area contributed by atoms with Crippen LogP contribution in [0, 0.1) is 0 Å². The third kappa shape index (κ3) is 5.54. The maximum absolute atomic E-state index is 11.7. The highest BCUT2D eigenvalue weighted by Crippen LogP contribution is 2.17. The number of rotatable bonds is 8. The van der Waals surface area contributed by atoms with E-state index in [1.807, 2.05) is 18.3 Å². The molecule has 0 aliphatic carbocycles. The SMILES string of the molecule is CCCCCCNC(=O)NCc1ccc(N2CCCC2)nc1. The minimum absolute atomic E-state index is 0.0971. The van der Waals surface area contributed by atoms with Gasteiger partial charge < -0.3 is 15.5 Å². The van der Waals surface area contributed by atoms with Gasteiger partial charge in [0.15, 0.2) is 0 Å². The molecular weight excluding hydrogens is 276 g/mol. The van der Waals surface area contributed by atoms with Crippen LogP contribution in [0.3, 0.4) is 0 Å². The smallest absolute Gasteiger partial charge is 0.315 e. The van der Waals surface area contributed by atoms with Crippen molar-refractivity contribution >= 4 is 11.8 Å². The second kappa shape index (κ2) is 9.28. The topological polar surface area (TPSA) is 57.3 Å². The Morgan fingerprint density at radius 2 is 2.00 bits per heavy atom. The molecule has 1 aromatic rings. The largest absolute Gasteiger partial charge is 0.357 e. The van der Waals surface area contributed by atoms with Crippen LogP contribution in [0.2, 0.25) is 0 Å². The molecule has 0 spiro atoms. The Morgan fingerprint density at radius 3 is 2.68 bits per heavy atom. The minimum atomic E-state index is -0.0971. The summed E-state index contributed by atoms with van der Waals surface area (Å²) >= 11 is 0. The molecule has 2 rings (SSSR count). The summed E-state index contributed by atoms with van der Waals surface area (Å²) in [5, 5.41) is 5.76. The van der Waals surface area contributed by atoms with Gasteiger partial charge in [-0.05, 0) is 30.9 Å². The lowest BCUT2D eigenvalue weighted by atomic mass is 10.2. The summed E-state index contributed by atoms with van der Waals surface area (Å²) in [7, 11) is 0. The average Bonchev–Trinajstić information content (AvgIpc) is 3.08. The molecule has 2 amide bonds. The predicted octanol–water partition coefficient (Wildman–Crippen LogP) is 3.06. The maximum Gasteiger partial charge on any atom is 0.315 e. The summed E-state index contributed by atoms with van der Waals surface area (Å²) in [6.07, 6.45) is 9.04. The molecule has 5 heteroatoms. The Labute approximate surface area is 133 Å². The molecule has 122 valence electrons. The van der Waals surface area contributed by atoms with E-state index in [0.717, 1.165) is 37.4 Å².